The molecule has 0 fully saturated rings. The number of para-hydroxylation sites is 1. The van der Waals surface area contributed by atoms with Crippen molar-refractivity contribution in [1.29, 1.82) is 0 Å². The van der Waals surface area contributed by atoms with Crippen molar-refractivity contribution in [2.24, 2.45) is 4.99 Å². The molecule has 0 aliphatic carbocycles. The summed E-state index contributed by atoms with van der Waals surface area (Å²) in [5.41, 5.74) is 2.07. The normalized spacial score (nSPS) is 11.4. The maximum Gasteiger partial charge on any atom is 0.191 e. The molecule has 0 saturated carbocycles. The minimum absolute atomic E-state index is 0. The molecule has 6 nitrogen and oxygen atoms in total. The Bertz CT molecular complexity index is 673. The molecule has 26 heavy (non-hydrogen) atoms. The van der Waals surface area contributed by atoms with Gasteiger partial charge in [0.1, 0.15) is 17.9 Å². The number of guanidine groups is 1. The van der Waals surface area contributed by atoms with Gasteiger partial charge in [-0.05, 0) is 26.3 Å². The van der Waals surface area contributed by atoms with E-state index in [4.69, 9.17) is 13.9 Å². The quantitative estimate of drug-likeness (QED) is 0.239. The van der Waals surface area contributed by atoms with Gasteiger partial charge in [-0.3, -0.25) is 0 Å². The van der Waals surface area contributed by atoms with E-state index in [0.29, 0.717) is 26.4 Å². The number of aryl methyl sites for hydroxylation is 1. The van der Waals surface area contributed by atoms with Gasteiger partial charge in [0, 0.05) is 37.8 Å². The van der Waals surface area contributed by atoms with Crippen LogP contribution in [0.5, 0.6) is 0 Å². The van der Waals surface area contributed by atoms with Gasteiger partial charge in [-0.25, -0.2) is 4.99 Å². The van der Waals surface area contributed by atoms with Gasteiger partial charge in [0.25, 0.3) is 0 Å². The van der Waals surface area contributed by atoms with Crippen LogP contribution >= 0.6 is 24.0 Å². The highest BCUT2D eigenvalue weighted by Gasteiger charge is 2.09. The molecule has 0 unspecified atom stereocenters. The Hall–Kier alpha value is -1.32. The number of aliphatic imine (C=N–C) groups is 1. The lowest BCUT2D eigenvalue weighted by atomic mass is 10.1. The highest BCUT2D eigenvalue weighted by Crippen LogP contribution is 2.25. The van der Waals surface area contributed by atoms with Gasteiger partial charge in [-0.15, -0.1) is 24.0 Å². The molecule has 0 atom stereocenters. The van der Waals surface area contributed by atoms with E-state index in [0.717, 1.165) is 47.8 Å². The smallest absolute Gasteiger partial charge is 0.191 e. The molecule has 0 saturated heterocycles. The first kappa shape index (κ1) is 22.7. The van der Waals surface area contributed by atoms with E-state index < -0.39 is 0 Å². The molecule has 146 valence electrons. The summed E-state index contributed by atoms with van der Waals surface area (Å²) in [5.74, 6) is 1.69. The van der Waals surface area contributed by atoms with Gasteiger partial charge in [0.2, 0.25) is 0 Å². The lowest BCUT2D eigenvalue weighted by Gasteiger charge is -2.11. The van der Waals surface area contributed by atoms with Crippen molar-refractivity contribution in [1.82, 2.24) is 10.6 Å². The van der Waals surface area contributed by atoms with E-state index in [1.54, 1.807) is 7.11 Å². The van der Waals surface area contributed by atoms with Gasteiger partial charge in [0.05, 0.1) is 13.2 Å². The van der Waals surface area contributed by atoms with Gasteiger partial charge in [-0.2, -0.15) is 0 Å². The molecular formula is C19H30IN3O3. The topological polar surface area (TPSA) is 68.0 Å². The summed E-state index contributed by atoms with van der Waals surface area (Å²) in [6, 6.07) is 8.08. The van der Waals surface area contributed by atoms with Crippen molar-refractivity contribution in [2.45, 2.75) is 26.8 Å². The van der Waals surface area contributed by atoms with Crippen LogP contribution in [-0.4, -0.2) is 46.0 Å². The van der Waals surface area contributed by atoms with Gasteiger partial charge in [-0.1, -0.05) is 18.2 Å². The van der Waals surface area contributed by atoms with Crippen molar-refractivity contribution < 1.29 is 13.9 Å². The average molecular weight is 475 g/mol. The molecule has 2 rings (SSSR count). The summed E-state index contributed by atoms with van der Waals surface area (Å²) in [4.78, 5) is 4.63. The molecule has 0 radical (unpaired) electrons. The van der Waals surface area contributed by atoms with E-state index in [1.165, 1.54) is 0 Å². The Kier molecular flexibility index (Phi) is 11.3. The Morgan fingerprint density at radius 1 is 1.15 bits per heavy atom. The van der Waals surface area contributed by atoms with E-state index in [-0.39, 0.29) is 24.0 Å². The summed E-state index contributed by atoms with van der Waals surface area (Å²) in [5, 5.41) is 7.73. The largest absolute Gasteiger partial charge is 0.459 e. The van der Waals surface area contributed by atoms with E-state index in [2.05, 4.69) is 35.5 Å². The first-order chi connectivity index (χ1) is 12.3. The molecule has 0 amide bonds. The number of nitrogens with zero attached hydrogens (tertiary/aromatic N) is 1. The number of nitrogens with one attached hydrogen (secondary N) is 2. The zero-order valence-corrected chi connectivity index (χ0v) is 18.2. The van der Waals surface area contributed by atoms with Gasteiger partial charge in [0.15, 0.2) is 5.96 Å². The molecule has 2 aromatic rings. The van der Waals surface area contributed by atoms with Crippen molar-refractivity contribution >= 4 is 40.9 Å². The predicted octanol–water partition coefficient (Wildman–Crippen LogP) is 3.47. The van der Waals surface area contributed by atoms with Crippen LogP contribution in [0.3, 0.4) is 0 Å². The SMILES string of the molecule is CCNC(=NCc1oc2ccccc2c1C)NCCCOCCOC.I. The zero-order chi connectivity index (χ0) is 17.9. The van der Waals surface area contributed by atoms with E-state index in [9.17, 15) is 0 Å². The molecule has 1 heterocycles. The molecule has 7 heteroatoms. The third-order valence-electron chi connectivity index (χ3n) is 3.86. The van der Waals surface area contributed by atoms with Crippen molar-refractivity contribution in [2.75, 3.05) is 40.0 Å². The van der Waals surface area contributed by atoms with Crippen LogP contribution in [0.2, 0.25) is 0 Å². The molecular weight excluding hydrogens is 445 g/mol. The second-order valence-corrected chi connectivity index (χ2v) is 5.73. The lowest BCUT2D eigenvalue weighted by molar-refractivity contribution is 0.0698. The molecule has 0 aliphatic heterocycles. The molecule has 1 aromatic carbocycles. The summed E-state index contributed by atoms with van der Waals surface area (Å²) >= 11 is 0. The van der Waals surface area contributed by atoms with Crippen LogP contribution in [0.4, 0.5) is 0 Å². The number of hydrogen-bond acceptors (Lipinski definition) is 4. The number of fused-ring (bicyclic) bond motifs is 1. The number of methoxy groups -OCH3 is 1. The molecule has 0 spiro atoms. The molecule has 0 bridgehead atoms. The predicted molar refractivity (Wildman–Crippen MR) is 116 cm³/mol. The summed E-state index contributed by atoms with van der Waals surface area (Å²) in [6.45, 7) is 8.24. The standard InChI is InChI=1S/C19H29N3O3.HI/c1-4-20-19(21-10-7-11-24-13-12-23-3)22-14-18-15(2)16-8-5-6-9-17(16)25-18;/h5-6,8-9H,4,7,10-14H2,1-3H3,(H2,20,21,22);1H. The zero-order valence-electron chi connectivity index (χ0n) is 15.8. The van der Waals surface area contributed by atoms with Gasteiger partial charge < -0.3 is 24.5 Å². The first-order valence-corrected chi connectivity index (χ1v) is 8.82. The fraction of sp³-hybridized carbons (Fsp3) is 0.526. The van der Waals surface area contributed by atoms with Crippen molar-refractivity contribution in [3.8, 4) is 0 Å². The van der Waals surface area contributed by atoms with Crippen LogP contribution in [0, 0.1) is 6.92 Å². The maximum absolute atomic E-state index is 5.91. The second kappa shape index (κ2) is 12.9. The molecule has 0 aliphatic rings. The lowest BCUT2D eigenvalue weighted by Crippen LogP contribution is -2.38. The van der Waals surface area contributed by atoms with E-state index >= 15 is 0 Å². The number of rotatable bonds is 10. The highest BCUT2D eigenvalue weighted by molar-refractivity contribution is 14.0. The highest BCUT2D eigenvalue weighted by atomic mass is 127. The van der Waals surface area contributed by atoms with E-state index in [1.807, 2.05) is 18.2 Å². The monoisotopic (exact) mass is 475 g/mol. The van der Waals surface area contributed by atoms with Crippen LogP contribution < -0.4 is 10.6 Å². The summed E-state index contributed by atoms with van der Waals surface area (Å²) < 4.78 is 16.3. The average Bonchev–Trinajstić information content (AvgIpc) is 2.95. The number of furan rings is 1. The first-order valence-electron chi connectivity index (χ1n) is 8.82. The van der Waals surface area contributed by atoms with Crippen molar-refractivity contribution in [3.63, 3.8) is 0 Å². The fourth-order valence-electron chi connectivity index (χ4n) is 2.49. The molecule has 1 aromatic heterocycles. The van der Waals surface area contributed by atoms with Crippen LogP contribution in [0.1, 0.15) is 24.7 Å². The maximum atomic E-state index is 5.91. The third kappa shape index (κ3) is 7.13. The Morgan fingerprint density at radius 3 is 2.69 bits per heavy atom. The number of ether oxygens (including phenoxy) is 2. The minimum Gasteiger partial charge on any atom is -0.459 e. The summed E-state index contributed by atoms with van der Waals surface area (Å²) in [7, 11) is 1.67. The Balaban J connectivity index is 0.00000338. The number of hydrogen-bond donors (Lipinski definition) is 2. The van der Waals surface area contributed by atoms with Crippen LogP contribution in [0.15, 0.2) is 33.7 Å². The Morgan fingerprint density at radius 2 is 1.96 bits per heavy atom. The Labute approximate surface area is 172 Å². The summed E-state index contributed by atoms with van der Waals surface area (Å²) in [6.07, 6.45) is 0.914. The minimum atomic E-state index is 0. The van der Waals surface area contributed by atoms with Crippen molar-refractivity contribution in [3.05, 3.63) is 35.6 Å². The number of halogens is 1. The van der Waals surface area contributed by atoms with Crippen LogP contribution in [-0.2, 0) is 16.0 Å². The third-order valence-corrected chi connectivity index (χ3v) is 3.86. The fourth-order valence-corrected chi connectivity index (χ4v) is 2.49. The second-order valence-electron chi connectivity index (χ2n) is 5.73. The molecule has 2 N–H and O–H groups in total. The van der Waals surface area contributed by atoms with Gasteiger partial charge >= 0.3 is 0 Å². The number of benzene rings is 1. The van der Waals surface area contributed by atoms with Crippen LogP contribution in [0.25, 0.3) is 11.0 Å².